The second kappa shape index (κ2) is 3.98. The maximum Gasteiger partial charge on any atom is 0.344 e. The molecule has 1 aliphatic rings. The Bertz CT molecular complexity index is 291. The first-order valence-corrected chi connectivity index (χ1v) is 4.17. The second-order valence-electron chi connectivity index (χ2n) is 2.76. The van der Waals surface area contributed by atoms with Crippen molar-refractivity contribution < 1.29 is 14.3 Å². The summed E-state index contributed by atoms with van der Waals surface area (Å²) in [5.41, 5.74) is 0.301. The summed E-state index contributed by atoms with van der Waals surface area (Å²) in [4.78, 5) is 22.2. The average Bonchev–Trinajstić information content (AvgIpc) is 2.10. The van der Waals surface area contributed by atoms with Crippen LogP contribution in [-0.4, -0.2) is 23.4 Å². The molecular formula is C9H12NO3+. The van der Waals surface area contributed by atoms with Crippen LogP contribution in [0.3, 0.4) is 0 Å². The molecule has 1 heterocycles. The van der Waals surface area contributed by atoms with E-state index in [9.17, 15) is 9.70 Å². The molecule has 0 aromatic carbocycles. The smallest absolute Gasteiger partial charge is 0.344 e. The maximum atomic E-state index is 11.1. The summed E-state index contributed by atoms with van der Waals surface area (Å²) in [6, 6.07) is -0.210. The highest BCUT2D eigenvalue weighted by atomic mass is 16.5. The number of nitrogens with zero attached hydrogens (tertiary/aromatic N) is 1. The first-order chi connectivity index (χ1) is 6.15. The van der Waals surface area contributed by atoms with E-state index in [2.05, 4.69) is 0 Å². The molecule has 13 heavy (non-hydrogen) atoms. The molecule has 4 nitrogen and oxygen atoms in total. The summed E-state index contributed by atoms with van der Waals surface area (Å²) >= 11 is 0. The van der Waals surface area contributed by atoms with Gasteiger partial charge in [-0.1, -0.05) is 0 Å². The van der Waals surface area contributed by atoms with Crippen LogP contribution < -0.4 is 0 Å². The monoisotopic (exact) mass is 182 g/mol. The van der Waals surface area contributed by atoms with E-state index in [1.807, 2.05) is 0 Å². The van der Waals surface area contributed by atoms with E-state index in [-0.39, 0.29) is 6.04 Å². The van der Waals surface area contributed by atoms with Crippen LogP contribution in [0.25, 0.3) is 0 Å². The standard InChI is InChI=1S/C9H12NO3/c1-3-13-9(11)8-5-4-7(2)10(12)6-8/h4-7H,3H2,1-2H3/q+1. The highest BCUT2D eigenvalue weighted by molar-refractivity contribution is 5.91. The number of carbonyl (C=O) groups is 1. The Morgan fingerprint density at radius 1 is 1.69 bits per heavy atom. The topological polar surface area (TPSA) is 46.4 Å². The number of rotatable bonds is 2. The summed E-state index contributed by atoms with van der Waals surface area (Å²) in [6.45, 7) is 3.79. The molecule has 0 N–H and O–H groups in total. The first-order valence-electron chi connectivity index (χ1n) is 4.17. The van der Waals surface area contributed by atoms with Crippen molar-refractivity contribution in [2.75, 3.05) is 6.61 Å². The minimum Gasteiger partial charge on any atom is -0.462 e. The second-order valence-corrected chi connectivity index (χ2v) is 2.76. The van der Waals surface area contributed by atoms with Gasteiger partial charge in [0, 0.05) is 16.6 Å². The van der Waals surface area contributed by atoms with Gasteiger partial charge >= 0.3 is 5.97 Å². The highest BCUT2D eigenvalue weighted by Gasteiger charge is 2.23. The van der Waals surface area contributed by atoms with Gasteiger partial charge in [0.2, 0.25) is 12.2 Å². The minimum absolute atomic E-state index is 0.210. The van der Waals surface area contributed by atoms with E-state index in [1.54, 1.807) is 26.0 Å². The highest BCUT2D eigenvalue weighted by Crippen LogP contribution is 2.09. The zero-order valence-corrected chi connectivity index (χ0v) is 7.69. The van der Waals surface area contributed by atoms with Crippen LogP contribution in [0, 0.1) is 4.91 Å². The van der Waals surface area contributed by atoms with Gasteiger partial charge in [-0.05, 0) is 19.1 Å². The van der Waals surface area contributed by atoms with E-state index in [4.69, 9.17) is 4.74 Å². The molecule has 1 rings (SSSR count). The molecule has 0 aromatic heterocycles. The number of esters is 1. The van der Waals surface area contributed by atoms with Crippen molar-refractivity contribution in [3.63, 3.8) is 0 Å². The molecule has 0 saturated heterocycles. The summed E-state index contributed by atoms with van der Waals surface area (Å²) in [5, 5.41) is 0. The quantitative estimate of drug-likeness (QED) is 0.475. The van der Waals surface area contributed by atoms with Crippen LogP contribution in [0.4, 0.5) is 0 Å². The van der Waals surface area contributed by atoms with Crippen LogP contribution in [-0.2, 0) is 9.53 Å². The summed E-state index contributed by atoms with van der Waals surface area (Å²) < 4.78 is 5.47. The SMILES string of the molecule is CCOC(=O)C1=C[N+](=O)C(C)C=C1. The number of hydrogen-bond acceptors (Lipinski definition) is 3. The maximum absolute atomic E-state index is 11.1. The van der Waals surface area contributed by atoms with Gasteiger partial charge in [-0.3, -0.25) is 0 Å². The van der Waals surface area contributed by atoms with E-state index >= 15 is 0 Å². The number of ether oxygens (including phenoxy) is 1. The van der Waals surface area contributed by atoms with Gasteiger partial charge in [-0.15, -0.1) is 0 Å². The molecule has 70 valence electrons. The summed E-state index contributed by atoms with van der Waals surface area (Å²) in [6.07, 6.45) is 4.53. The zero-order chi connectivity index (χ0) is 9.84. The molecule has 0 aliphatic carbocycles. The van der Waals surface area contributed by atoms with Crippen molar-refractivity contribution in [3.8, 4) is 0 Å². The lowest BCUT2D eigenvalue weighted by Gasteiger charge is -2.04. The molecular weight excluding hydrogens is 170 g/mol. The van der Waals surface area contributed by atoms with E-state index < -0.39 is 5.97 Å². The Hall–Kier alpha value is -1.45. The number of hydrogen-bond donors (Lipinski definition) is 0. The third kappa shape index (κ3) is 2.24. The van der Waals surface area contributed by atoms with Gasteiger partial charge in [0.05, 0.1) is 6.61 Å². The Balaban J connectivity index is 2.73. The molecule has 1 atom stereocenters. The summed E-state index contributed by atoms with van der Waals surface area (Å²) in [5.74, 6) is -0.452. The fourth-order valence-corrected chi connectivity index (χ4v) is 0.961. The Morgan fingerprint density at radius 2 is 2.38 bits per heavy atom. The number of carbonyl (C=O) groups excluding carboxylic acids is 1. The normalized spacial score (nSPS) is 21.2. The third-order valence-corrected chi connectivity index (χ3v) is 1.73. The average molecular weight is 182 g/mol. The molecule has 1 aliphatic heterocycles. The third-order valence-electron chi connectivity index (χ3n) is 1.73. The lowest BCUT2D eigenvalue weighted by Crippen LogP contribution is -2.19. The molecule has 1 unspecified atom stereocenters. The fourth-order valence-electron chi connectivity index (χ4n) is 0.961. The molecule has 4 heteroatoms. The predicted octanol–water partition coefficient (Wildman–Crippen LogP) is 1.17. The van der Waals surface area contributed by atoms with E-state index in [0.717, 1.165) is 4.76 Å². The van der Waals surface area contributed by atoms with Crippen LogP contribution in [0.15, 0.2) is 23.9 Å². The molecule has 0 spiro atoms. The number of nitroso groups, excluding NO2 is 1. The van der Waals surface area contributed by atoms with Gasteiger partial charge in [-0.25, -0.2) is 4.79 Å². The molecule has 0 fully saturated rings. The molecule has 0 radical (unpaired) electrons. The minimum atomic E-state index is -0.452. The lowest BCUT2D eigenvalue weighted by atomic mass is 10.1. The van der Waals surface area contributed by atoms with E-state index in [1.165, 1.54) is 6.20 Å². The van der Waals surface area contributed by atoms with Crippen molar-refractivity contribution in [2.24, 2.45) is 0 Å². The molecule has 0 saturated carbocycles. The summed E-state index contributed by atoms with van der Waals surface area (Å²) in [7, 11) is 0. The van der Waals surface area contributed by atoms with Crippen molar-refractivity contribution in [3.05, 3.63) is 28.8 Å². The first kappa shape index (κ1) is 9.64. The van der Waals surface area contributed by atoms with Crippen LogP contribution in [0.1, 0.15) is 13.8 Å². The van der Waals surface area contributed by atoms with Crippen LogP contribution in [0.5, 0.6) is 0 Å². The fraction of sp³-hybridized carbons (Fsp3) is 0.444. The zero-order valence-electron chi connectivity index (χ0n) is 7.69. The lowest BCUT2D eigenvalue weighted by molar-refractivity contribution is -0.506. The van der Waals surface area contributed by atoms with Gasteiger partial charge in [-0.2, -0.15) is 0 Å². The van der Waals surface area contributed by atoms with Gasteiger partial charge < -0.3 is 4.74 Å². The predicted molar refractivity (Wildman–Crippen MR) is 46.9 cm³/mol. The molecule has 0 amide bonds. The van der Waals surface area contributed by atoms with Crippen molar-refractivity contribution in [2.45, 2.75) is 19.9 Å². The molecule has 0 aromatic rings. The van der Waals surface area contributed by atoms with Crippen LogP contribution in [0.2, 0.25) is 0 Å². The van der Waals surface area contributed by atoms with Gasteiger partial charge in [0.1, 0.15) is 5.57 Å². The Kier molecular flexibility index (Phi) is 2.95. The van der Waals surface area contributed by atoms with Crippen molar-refractivity contribution in [1.82, 2.24) is 0 Å². The van der Waals surface area contributed by atoms with Gasteiger partial charge in [0.25, 0.3) is 0 Å². The van der Waals surface area contributed by atoms with E-state index in [0.29, 0.717) is 12.2 Å². The largest absolute Gasteiger partial charge is 0.462 e. The van der Waals surface area contributed by atoms with Gasteiger partial charge in [0.15, 0.2) is 0 Å². The van der Waals surface area contributed by atoms with Crippen LogP contribution >= 0.6 is 0 Å². The Morgan fingerprint density at radius 3 is 2.92 bits per heavy atom. The van der Waals surface area contributed by atoms with Crippen molar-refractivity contribution in [1.29, 1.82) is 0 Å². The Labute approximate surface area is 76.5 Å². The molecule has 0 bridgehead atoms. The van der Waals surface area contributed by atoms with Crippen molar-refractivity contribution >= 4 is 5.97 Å².